The van der Waals surface area contributed by atoms with Crippen LogP contribution in [-0.2, 0) is 0 Å². The Kier molecular flexibility index (Phi) is 10.8. The molecule has 6 nitrogen and oxygen atoms in total. The van der Waals surface area contributed by atoms with Crippen LogP contribution in [0.15, 0.2) is 249 Å². The zero-order chi connectivity index (χ0) is 49.8. The number of hydrogen-bond donors (Lipinski definition) is 0. The van der Waals surface area contributed by atoms with Crippen molar-refractivity contribution in [1.82, 2.24) is 29.1 Å². The van der Waals surface area contributed by atoms with E-state index in [4.69, 9.17) is 19.9 Å². The van der Waals surface area contributed by atoms with Gasteiger partial charge in [-0.15, -0.1) is 0 Å². The lowest BCUT2D eigenvalue weighted by atomic mass is 9.90. The van der Waals surface area contributed by atoms with E-state index in [-0.39, 0.29) is 0 Å². The molecule has 1 aliphatic rings. The molecule has 0 radical (unpaired) electrons. The predicted molar refractivity (Wildman–Crippen MR) is 309 cm³/mol. The fraction of sp³-hybridized carbons (Fsp3) is 0.0435. The number of aromatic nitrogens is 6. The molecule has 1 unspecified atom stereocenters. The van der Waals surface area contributed by atoms with Crippen LogP contribution in [0.25, 0.3) is 129 Å². The highest BCUT2D eigenvalue weighted by Crippen LogP contribution is 2.46. The van der Waals surface area contributed by atoms with Crippen LogP contribution in [0.2, 0.25) is 0 Å². The summed E-state index contributed by atoms with van der Waals surface area (Å²) < 4.78 is 4.93. The number of fused-ring (bicyclic) bond motifs is 6. The third kappa shape index (κ3) is 7.74. The summed E-state index contributed by atoms with van der Waals surface area (Å²) in [5.74, 6) is 1.67. The summed E-state index contributed by atoms with van der Waals surface area (Å²) >= 11 is 0. The molecule has 1 atom stereocenters. The van der Waals surface area contributed by atoms with Crippen molar-refractivity contribution in [2.24, 2.45) is 0 Å². The number of hydrogen-bond acceptors (Lipinski definition) is 4. The van der Waals surface area contributed by atoms with Crippen LogP contribution >= 0.6 is 0 Å². The summed E-state index contributed by atoms with van der Waals surface area (Å²) in [4.78, 5) is 21.0. The largest absolute Gasteiger partial charge is 0.309 e. The maximum atomic E-state index is 5.26. The van der Waals surface area contributed by atoms with Crippen molar-refractivity contribution in [3.63, 3.8) is 0 Å². The van der Waals surface area contributed by atoms with Gasteiger partial charge in [-0.2, -0.15) is 0 Å². The van der Waals surface area contributed by atoms with Crippen molar-refractivity contribution >= 4 is 38.8 Å². The standard InChI is InChI=1S/C69H48N6/c1-45-21-16-40-64-65(45)58-38-20-37-57(67(58)75(64)53-33-18-31-51(42-53)69-72-61(48-26-10-4-11-27-48)44-62(73-69)49-28-12-5-13-29-49)56-36-19-35-55-54-34-14-15-39-63(54)74(66(55)56)52-32-17-30-50(41-52)68-70-59(46-22-6-2-7-23-46)43-60(71-68)47-24-8-3-9-25-47/h2-20,22-45H,21H2,1H3. The first-order valence-corrected chi connectivity index (χ1v) is 25.7. The molecule has 0 fully saturated rings. The third-order valence-electron chi connectivity index (χ3n) is 14.8. The van der Waals surface area contributed by atoms with Gasteiger partial charge >= 0.3 is 0 Å². The van der Waals surface area contributed by atoms with Gasteiger partial charge in [0.25, 0.3) is 0 Å². The first-order valence-electron chi connectivity index (χ1n) is 25.7. The predicted octanol–water partition coefficient (Wildman–Crippen LogP) is 17.5. The summed E-state index contributed by atoms with van der Waals surface area (Å²) in [5.41, 5.74) is 19.9. The fourth-order valence-electron chi connectivity index (χ4n) is 11.3. The van der Waals surface area contributed by atoms with Crippen LogP contribution < -0.4 is 0 Å². The molecule has 0 spiro atoms. The highest BCUT2D eigenvalue weighted by atomic mass is 15.0. The van der Waals surface area contributed by atoms with E-state index in [1.807, 2.05) is 24.3 Å². The molecule has 0 aliphatic heterocycles. The van der Waals surface area contributed by atoms with Crippen LogP contribution in [0.5, 0.6) is 0 Å². The van der Waals surface area contributed by atoms with Gasteiger partial charge in [-0.1, -0.05) is 213 Å². The number of benzene rings is 9. The summed E-state index contributed by atoms with van der Waals surface area (Å²) in [6.45, 7) is 2.36. The van der Waals surface area contributed by atoms with Gasteiger partial charge < -0.3 is 9.13 Å². The van der Waals surface area contributed by atoms with Crippen molar-refractivity contribution in [2.45, 2.75) is 19.3 Å². The quantitative estimate of drug-likeness (QED) is 0.145. The molecular weight excluding hydrogens is 913 g/mol. The van der Waals surface area contributed by atoms with Crippen molar-refractivity contribution in [2.75, 3.05) is 0 Å². The van der Waals surface area contributed by atoms with E-state index in [1.54, 1.807) is 0 Å². The molecule has 6 heteroatoms. The minimum Gasteiger partial charge on any atom is -0.309 e. The smallest absolute Gasteiger partial charge is 0.160 e. The van der Waals surface area contributed by atoms with Crippen LogP contribution in [0.1, 0.15) is 30.5 Å². The second kappa shape index (κ2) is 18.4. The molecule has 9 aromatic carbocycles. The summed E-state index contributed by atoms with van der Waals surface area (Å²) in [6.07, 6.45) is 5.63. The normalized spacial score (nSPS) is 13.2. The molecule has 13 aromatic rings. The number of nitrogens with zero attached hydrogens (tertiary/aromatic N) is 6. The molecule has 0 saturated heterocycles. The summed E-state index contributed by atoms with van der Waals surface area (Å²) in [7, 11) is 0. The first kappa shape index (κ1) is 44.0. The molecule has 4 heterocycles. The van der Waals surface area contributed by atoms with E-state index in [1.165, 1.54) is 32.9 Å². The van der Waals surface area contributed by atoms with Crippen LogP contribution in [0.4, 0.5) is 0 Å². The molecule has 1 aliphatic carbocycles. The number of para-hydroxylation sites is 3. The van der Waals surface area contributed by atoms with Gasteiger partial charge in [-0.3, -0.25) is 0 Å². The Labute approximate surface area is 435 Å². The average Bonchev–Trinajstić information content (AvgIpc) is 4.02. The highest BCUT2D eigenvalue weighted by Gasteiger charge is 2.27. The van der Waals surface area contributed by atoms with Gasteiger partial charge in [0.05, 0.1) is 45.0 Å². The third-order valence-corrected chi connectivity index (χ3v) is 14.8. The van der Waals surface area contributed by atoms with Crippen molar-refractivity contribution < 1.29 is 0 Å². The molecule has 0 saturated carbocycles. The van der Waals surface area contributed by atoms with Gasteiger partial charge in [0.15, 0.2) is 11.6 Å². The van der Waals surface area contributed by atoms with Crippen molar-refractivity contribution in [3.05, 3.63) is 260 Å². The summed E-state index contributed by atoms with van der Waals surface area (Å²) in [5, 5.41) is 3.62. The second-order valence-electron chi connectivity index (χ2n) is 19.4. The average molecular weight is 961 g/mol. The highest BCUT2D eigenvalue weighted by molar-refractivity contribution is 6.16. The Bertz CT molecular complexity index is 4210. The fourth-order valence-corrected chi connectivity index (χ4v) is 11.3. The Morgan fingerprint density at radius 1 is 0.360 bits per heavy atom. The maximum Gasteiger partial charge on any atom is 0.160 e. The molecule has 0 N–H and O–H groups in total. The van der Waals surface area contributed by atoms with Crippen molar-refractivity contribution in [1.29, 1.82) is 0 Å². The minimum atomic E-state index is 0.321. The van der Waals surface area contributed by atoms with E-state index >= 15 is 0 Å². The lowest BCUT2D eigenvalue weighted by Crippen LogP contribution is -2.04. The van der Waals surface area contributed by atoms with Gasteiger partial charge in [0, 0.05) is 72.0 Å². The summed E-state index contributed by atoms with van der Waals surface area (Å²) in [6, 6.07) is 85.7. The SMILES string of the molecule is CC1CC=Cc2c1c1cccc(-c3cccc4c5ccccc5n(-c5cccc(-c6nc(-c7ccccc7)cc(-c7ccccc7)n6)c5)c34)c1n2-c1cccc(-c2nc(-c3ccccc3)cc(-c3ccccc3)n2)c1. The van der Waals surface area contributed by atoms with Gasteiger partial charge in [-0.05, 0) is 66.4 Å². The molecule has 0 amide bonds. The van der Waals surface area contributed by atoms with Gasteiger partial charge in [0.1, 0.15) is 0 Å². The van der Waals surface area contributed by atoms with E-state index < -0.39 is 0 Å². The molecule has 75 heavy (non-hydrogen) atoms. The van der Waals surface area contributed by atoms with E-state index in [9.17, 15) is 0 Å². The Hall–Kier alpha value is -9.78. The molecular formula is C69H48N6. The molecule has 0 bridgehead atoms. The Balaban J connectivity index is 0.974. The lowest BCUT2D eigenvalue weighted by Gasteiger charge is -2.18. The molecule has 354 valence electrons. The van der Waals surface area contributed by atoms with Gasteiger partial charge in [-0.25, -0.2) is 19.9 Å². The topological polar surface area (TPSA) is 61.4 Å². The van der Waals surface area contributed by atoms with Crippen LogP contribution in [-0.4, -0.2) is 29.1 Å². The Morgan fingerprint density at radius 2 is 0.760 bits per heavy atom. The zero-order valence-electron chi connectivity index (χ0n) is 41.2. The monoisotopic (exact) mass is 960 g/mol. The number of allylic oxidation sites excluding steroid dienone is 1. The van der Waals surface area contributed by atoms with E-state index in [2.05, 4.69) is 247 Å². The zero-order valence-corrected chi connectivity index (χ0v) is 41.2. The maximum absolute atomic E-state index is 5.26. The van der Waals surface area contributed by atoms with Crippen molar-refractivity contribution in [3.8, 4) is 90.3 Å². The molecule has 14 rings (SSSR count). The second-order valence-corrected chi connectivity index (χ2v) is 19.4. The Morgan fingerprint density at radius 3 is 1.27 bits per heavy atom. The first-order chi connectivity index (χ1) is 37.1. The molecule has 4 aromatic heterocycles. The van der Waals surface area contributed by atoms with E-state index in [0.29, 0.717) is 17.6 Å². The van der Waals surface area contributed by atoms with Crippen LogP contribution in [0.3, 0.4) is 0 Å². The van der Waals surface area contributed by atoms with Crippen LogP contribution in [0, 0.1) is 0 Å². The number of rotatable bonds is 9. The van der Waals surface area contributed by atoms with E-state index in [0.717, 1.165) is 96.1 Å². The minimum absolute atomic E-state index is 0.321. The lowest BCUT2D eigenvalue weighted by molar-refractivity contribution is 0.773. The van der Waals surface area contributed by atoms with Gasteiger partial charge in [0.2, 0.25) is 0 Å².